The third-order valence-corrected chi connectivity index (χ3v) is 5.64. The number of rotatable bonds is 5. The molecule has 6 nitrogen and oxygen atoms in total. The van der Waals surface area contributed by atoms with Gasteiger partial charge in [-0.1, -0.05) is 13.0 Å². The SMILES string of the molecule is CC[C@@]1(c2cccc(-c3cn(C)c4cnc(CC(N)=O)cc34)n2)CCOC1.S. The first-order valence-corrected chi connectivity index (χ1v) is 9.30. The Morgan fingerprint density at radius 1 is 1.39 bits per heavy atom. The van der Waals surface area contributed by atoms with Crippen molar-refractivity contribution in [1.29, 1.82) is 0 Å². The number of hydrogen-bond donors (Lipinski definition) is 1. The number of primary amides is 1. The number of amides is 1. The second-order valence-corrected chi connectivity index (χ2v) is 7.33. The first-order valence-electron chi connectivity index (χ1n) is 9.30. The second kappa shape index (κ2) is 7.93. The van der Waals surface area contributed by atoms with Gasteiger partial charge in [-0.3, -0.25) is 14.8 Å². The van der Waals surface area contributed by atoms with Crippen LogP contribution in [0.5, 0.6) is 0 Å². The number of nitrogens with two attached hydrogens (primary N) is 1. The molecule has 0 unspecified atom stereocenters. The van der Waals surface area contributed by atoms with E-state index in [1.165, 1.54) is 0 Å². The molecule has 0 bridgehead atoms. The van der Waals surface area contributed by atoms with E-state index in [0.29, 0.717) is 5.69 Å². The molecule has 28 heavy (non-hydrogen) atoms. The third-order valence-electron chi connectivity index (χ3n) is 5.64. The molecule has 0 aliphatic carbocycles. The Morgan fingerprint density at radius 3 is 2.89 bits per heavy atom. The third kappa shape index (κ3) is 3.52. The molecule has 0 saturated carbocycles. The Bertz CT molecular complexity index is 1010. The van der Waals surface area contributed by atoms with Crippen LogP contribution in [0.15, 0.2) is 36.7 Å². The van der Waals surface area contributed by atoms with E-state index in [1.54, 1.807) is 6.20 Å². The predicted molar refractivity (Wildman–Crippen MR) is 115 cm³/mol. The number of carbonyl (C=O) groups excluding carboxylic acids is 1. The molecule has 1 atom stereocenters. The van der Waals surface area contributed by atoms with E-state index in [0.717, 1.165) is 53.9 Å². The molecule has 1 amide bonds. The molecule has 0 spiro atoms. The Balaban J connectivity index is 0.00000225. The number of ether oxygens (including phenoxy) is 1. The van der Waals surface area contributed by atoms with Gasteiger partial charge in [0.1, 0.15) is 0 Å². The molecule has 1 aliphatic heterocycles. The van der Waals surface area contributed by atoms with Crippen LogP contribution in [0.1, 0.15) is 31.2 Å². The zero-order valence-electron chi connectivity index (χ0n) is 16.2. The zero-order chi connectivity index (χ0) is 19.0. The molecule has 3 aromatic heterocycles. The summed E-state index contributed by atoms with van der Waals surface area (Å²) in [5, 5.41) is 1.03. The van der Waals surface area contributed by atoms with Crippen molar-refractivity contribution in [2.45, 2.75) is 31.6 Å². The van der Waals surface area contributed by atoms with Gasteiger partial charge in [0.25, 0.3) is 0 Å². The van der Waals surface area contributed by atoms with Gasteiger partial charge < -0.3 is 15.0 Å². The van der Waals surface area contributed by atoms with Crippen LogP contribution in [0.25, 0.3) is 22.2 Å². The molecule has 0 aromatic carbocycles. The van der Waals surface area contributed by atoms with E-state index in [-0.39, 0.29) is 31.2 Å². The van der Waals surface area contributed by atoms with Crippen molar-refractivity contribution in [2.75, 3.05) is 13.2 Å². The summed E-state index contributed by atoms with van der Waals surface area (Å²) in [6.45, 7) is 3.71. The normalized spacial score (nSPS) is 18.9. The lowest BCUT2D eigenvalue weighted by Crippen LogP contribution is -2.26. The number of fused-ring (bicyclic) bond motifs is 1. The molecular weight excluding hydrogens is 372 g/mol. The average molecular weight is 399 g/mol. The topological polar surface area (TPSA) is 83.0 Å². The number of hydrogen-bond acceptors (Lipinski definition) is 4. The summed E-state index contributed by atoms with van der Waals surface area (Å²) in [5.74, 6) is -0.384. The van der Waals surface area contributed by atoms with Crippen LogP contribution in [0.4, 0.5) is 0 Å². The van der Waals surface area contributed by atoms with Crippen LogP contribution in [-0.4, -0.2) is 33.7 Å². The van der Waals surface area contributed by atoms with Crippen LogP contribution >= 0.6 is 13.5 Å². The Morgan fingerprint density at radius 2 is 2.21 bits per heavy atom. The molecule has 0 radical (unpaired) electrons. The molecule has 7 heteroatoms. The molecule has 1 aliphatic rings. The molecule has 2 N–H and O–H groups in total. The highest BCUT2D eigenvalue weighted by atomic mass is 32.1. The van der Waals surface area contributed by atoms with Crippen molar-refractivity contribution in [3.8, 4) is 11.3 Å². The lowest BCUT2D eigenvalue weighted by atomic mass is 9.80. The fourth-order valence-electron chi connectivity index (χ4n) is 3.95. The van der Waals surface area contributed by atoms with Crippen molar-refractivity contribution in [3.05, 3.63) is 48.0 Å². The minimum absolute atomic E-state index is 0. The maximum absolute atomic E-state index is 11.3. The van der Waals surface area contributed by atoms with Gasteiger partial charge in [0.15, 0.2) is 0 Å². The van der Waals surface area contributed by atoms with Crippen LogP contribution in [0.2, 0.25) is 0 Å². The van der Waals surface area contributed by atoms with E-state index >= 15 is 0 Å². The average Bonchev–Trinajstić information content (AvgIpc) is 3.27. The Hall–Kier alpha value is -2.38. The summed E-state index contributed by atoms with van der Waals surface area (Å²) >= 11 is 0. The highest BCUT2D eigenvalue weighted by Crippen LogP contribution is 2.37. The van der Waals surface area contributed by atoms with Crippen LogP contribution < -0.4 is 5.73 Å². The first kappa shape index (κ1) is 20.4. The van der Waals surface area contributed by atoms with Gasteiger partial charge >= 0.3 is 0 Å². The summed E-state index contributed by atoms with van der Waals surface area (Å²) in [4.78, 5) is 20.7. The number of aryl methyl sites for hydroxylation is 1. The van der Waals surface area contributed by atoms with Crippen molar-refractivity contribution < 1.29 is 9.53 Å². The minimum atomic E-state index is -0.384. The maximum atomic E-state index is 11.3. The zero-order valence-corrected chi connectivity index (χ0v) is 17.2. The number of aromatic nitrogens is 3. The molecule has 4 rings (SSSR count). The smallest absolute Gasteiger partial charge is 0.223 e. The molecule has 1 saturated heterocycles. The first-order chi connectivity index (χ1) is 13.0. The van der Waals surface area contributed by atoms with Crippen molar-refractivity contribution >= 4 is 30.3 Å². The summed E-state index contributed by atoms with van der Waals surface area (Å²) in [7, 11) is 1.99. The van der Waals surface area contributed by atoms with E-state index in [4.69, 9.17) is 15.5 Å². The Kier molecular flexibility index (Phi) is 5.76. The van der Waals surface area contributed by atoms with Crippen molar-refractivity contribution in [2.24, 2.45) is 12.8 Å². The van der Waals surface area contributed by atoms with Gasteiger partial charge in [0.05, 0.1) is 36.1 Å². The molecule has 1 fully saturated rings. The van der Waals surface area contributed by atoms with Gasteiger partial charge in [0.2, 0.25) is 5.91 Å². The van der Waals surface area contributed by atoms with E-state index < -0.39 is 0 Å². The largest absolute Gasteiger partial charge is 0.380 e. The highest BCUT2D eigenvalue weighted by molar-refractivity contribution is 7.59. The van der Waals surface area contributed by atoms with E-state index in [9.17, 15) is 4.79 Å². The molecule has 4 heterocycles. The summed E-state index contributed by atoms with van der Waals surface area (Å²) < 4.78 is 7.72. The second-order valence-electron chi connectivity index (χ2n) is 7.33. The maximum Gasteiger partial charge on any atom is 0.223 e. The van der Waals surface area contributed by atoms with Crippen LogP contribution in [0, 0.1) is 0 Å². The lowest BCUT2D eigenvalue weighted by molar-refractivity contribution is -0.117. The highest BCUT2D eigenvalue weighted by Gasteiger charge is 2.36. The summed E-state index contributed by atoms with van der Waals surface area (Å²) in [6, 6.07) is 8.15. The molecular formula is C21H26N4O2S. The van der Waals surface area contributed by atoms with Gasteiger partial charge in [-0.15, -0.1) is 0 Å². The fourth-order valence-corrected chi connectivity index (χ4v) is 3.95. The quantitative estimate of drug-likeness (QED) is 0.716. The van der Waals surface area contributed by atoms with Gasteiger partial charge in [0, 0.05) is 41.9 Å². The van der Waals surface area contributed by atoms with Crippen molar-refractivity contribution in [1.82, 2.24) is 14.5 Å². The number of carbonyl (C=O) groups is 1. The minimum Gasteiger partial charge on any atom is -0.380 e. The summed E-state index contributed by atoms with van der Waals surface area (Å²) in [6.07, 6.45) is 6.00. The van der Waals surface area contributed by atoms with E-state index in [1.807, 2.05) is 23.7 Å². The van der Waals surface area contributed by atoms with E-state index in [2.05, 4.69) is 30.2 Å². The van der Waals surface area contributed by atoms with Crippen LogP contribution in [-0.2, 0) is 28.4 Å². The van der Waals surface area contributed by atoms with Gasteiger partial charge in [-0.25, -0.2) is 0 Å². The van der Waals surface area contributed by atoms with Crippen LogP contribution in [0.3, 0.4) is 0 Å². The molecule has 3 aromatic rings. The predicted octanol–water partition coefficient (Wildman–Crippen LogP) is 2.84. The number of pyridine rings is 2. The van der Waals surface area contributed by atoms with Gasteiger partial charge in [-0.2, -0.15) is 13.5 Å². The number of nitrogens with zero attached hydrogens (tertiary/aromatic N) is 3. The van der Waals surface area contributed by atoms with Crippen molar-refractivity contribution in [3.63, 3.8) is 0 Å². The standard InChI is InChI=1S/C21H24N4O2.H2S/c1-3-21(7-8-27-13-21)19-6-4-5-17(24-19)16-12-25(2)18-11-23-14(9-15(16)18)10-20(22)26;/h4-6,9,11-12H,3,7-8,10,13H2,1-2H3,(H2,22,26);1H2/t21-;/m1./s1. The molecule has 148 valence electrons. The Labute approximate surface area is 171 Å². The van der Waals surface area contributed by atoms with Gasteiger partial charge in [-0.05, 0) is 31.0 Å². The summed E-state index contributed by atoms with van der Waals surface area (Å²) in [5.41, 5.74) is 10.1. The lowest BCUT2D eigenvalue weighted by Gasteiger charge is -2.25. The fraction of sp³-hybridized carbons (Fsp3) is 0.381. The monoisotopic (exact) mass is 398 g/mol.